The van der Waals surface area contributed by atoms with E-state index < -0.39 is 0 Å². The van der Waals surface area contributed by atoms with Gasteiger partial charge in [-0.15, -0.1) is 35.1 Å². The molecule has 26 heavy (non-hydrogen) atoms. The molecule has 0 fully saturated rings. The maximum atomic E-state index is 12.5. The van der Waals surface area contributed by atoms with Crippen LogP contribution < -0.4 is 5.32 Å². The summed E-state index contributed by atoms with van der Waals surface area (Å²) in [6.45, 7) is 6.92. The van der Waals surface area contributed by atoms with Crippen LogP contribution in [-0.2, 0) is 17.7 Å². The molecule has 2 aromatic rings. The number of likely N-dealkylation sites (N-methyl/N-ethyl adjacent to an activating group) is 1. The van der Waals surface area contributed by atoms with E-state index in [1.807, 2.05) is 6.07 Å². The molecule has 0 aromatic carbocycles. The van der Waals surface area contributed by atoms with E-state index in [4.69, 9.17) is 4.74 Å². The number of nitrogens with zero attached hydrogens (tertiary/aromatic N) is 1. The Labute approximate surface area is 175 Å². The molecule has 1 N–H and O–H groups in total. The van der Waals surface area contributed by atoms with E-state index in [9.17, 15) is 9.59 Å². The van der Waals surface area contributed by atoms with Crippen molar-refractivity contribution >= 4 is 67.9 Å². The number of carbonyl (C=O) groups excluding carboxylic acids is 2. The van der Waals surface area contributed by atoms with Crippen molar-refractivity contribution in [2.45, 2.75) is 26.8 Å². The highest BCUT2D eigenvalue weighted by molar-refractivity contribution is 9.11. The summed E-state index contributed by atoms with van der Waals surface area (Å²) < 4.78 is 6.13. The number of anilines is 1. The molecule has 0 spiro atoms. The number of rotatable bonds is 5. The van der Waals surface area contributed by atoms with E-state index in [1.54, 1.807) is 13.0 Å². The highest BCUT2D eigenvalue weighted by Gasteiger charge is 2.29. The molecular formula is C17H20BrClN2O3S2. The first-order valence-electron chi connectivity index (χ1n) is 8.14. The summed E-state index contributed by atoms with van der Waals surface area (Å²) in [7, 11) is 0. The average molecular weight is 480 g/mol. The first-order valence-corrected chi connectivity index (χ1v) is 10.6. The minimum atomic E-state index is -0.354. The fourth-order valence-corrected chi connectivity index (χ4v) is 5.39. The number of carbonyl (C=O) groups is 2. The lowest BCUT2D eigenvalue weighted by Crippen LogP contribution is -2.30. The van der Waals surface area contributed by atoms with Crippen molar-refractivity contribution in [1.29, 1.82) is 0 Å². The van der Waals surface area contributed by atoms with Crippen molar-refractivity contribution in [1.82, 2.24) is 4.90 Å². The summed E-state index contributed by atoms with van der Waals surface area (Å²) in [6.07, 6.45) is 0.800. The summed E-state index contributed by atoms with van der Waals surface area (Å²) >= 11 is 6.21. The zero-order valence-electron chi connectivity index (χ0n) is 14.5. The smallest absolute Gasteiger partial charge is 0.341 e. The van der Waals surface area contributed by atoms with Crippen LogP contribution in [-0.4, -0.2) is 36.5 Å². The number of halogens is 2. The van der Waals surface area contributed by atoms with Gasteiger partial charge >= 0.3 is 5.97 Å². The van der Waals surface area contributed by atoms with Crippen molar-refractivity contribution in [3.05, 3.63) is 36.8 Å². The van der Waals surface area contributed by atoms with E-state index in [2.05, 4.69) is 33.1 Å². The molecule has 0 saturated heterocycles. The third-order valence-electron chi connectivity index (χ3n) is 4.09. The first-order chi connectivity index (χ1) is 12.0. The van der Waals surface area contributed by atoms with Crippen LogP contribution in [0.4, 0.5) is 5.00 Å². The number of esters is 1. The van der Waals surface area contributed by atoms with Gasteiger partial charge in [-0.25, -0.2) is 4.79 Å². The second kappa shape index (κ2) is 9.32. The molecule has 5 nitrogen and oxygen atoms in total. The topological polar surface area (TPSA) is 58.6 Å². The van der Waals surface area contributed by atoms with Gasteiger partial charge in [0.25, 0.3) is 5.91 Å². The first kappa shape index (κ1) is 21.4. The van der Waals surface area contributed by atoms with Gasteiger partial charge in [-0.05, 0) is 53.5 Å². The van der Waals surface area contributed by atoms with Crippen LogP contribution in [0.3, 0.4) is 0 Å². The Morgan fingerprint density at radius 3 is 2.69 bits per heavy atom. The monoisotopic (exact) mass is 478 g/mol. The molecule has 0 saturated carbocycles. The summed E-state index contributed by atoms with van der Waals surface area (Å²) in [4.78, 5) is 29.1. The molecule has 2 aromatic heterocycles. The van der Waals surface area contributed by atoms with Crippen LogP contribution in [0.15, 0.2) is 15.9 Å². The van der Waals surface area contributed by atoms with E-state index in [0.717, 1.165) is 40.3 Å². The van der Waals surface area contributed by atoms with Crippen molar-refractivity contribution < 1.29 is 14.3 Å². The molecule has 3 rings (SSSR count). The Morgan fingerprint density at radius 1 is 1.31 bits per heavy atom. The molecule has 1 aliphatic rings. The number of hydrogen-bond donors (Lipinski definition) is 1. The third kappa shape index (κ3) is 4.48. The molecule has 1 amide bonds. The molecule has 3 heterocycles. The quantitative estimate of drug-likeness (QED) is 0.626. The summed E-state index contributed by atoms with van der Waals surface area (Å²) in [5.41, 5.74) is 1.55. The Morgan fingerprint density at radius 2 is 2.08 bits per heavy atom. The largest absolute Gasteiger partial charge is 0.462 e. The number of fused-ring (bicyclic) bond motifs is 1. The van der Waals surface area contributed by atoms with Crippen molar-refractivity contribution in [3.8, 4) is 0 Å². The number of thiophene rings is 2. The zero-order valence-corrected chi connectivity index (χ0v) is 18.5. The Balaban J connectivity index is 0.00000243. The number of hydrogen-bond acceptors (Lipinski definition) is 6. The Bertz CT molecular complexity index is 806. The minimum Gasteiger partial charge on any atom is -0.462 e. The lowest BCUT2D eigenvalue weighted by atomic mass is 10.0. The van der Waals surface area contributed by atoms with Crippen molar-refractivity contribution in [2.75, 3.05) is 25.0 Å². The van der Waals surface area contributed by atoms with Crippen LogP contribution >= 0.6 is 51.0 Å². The molecule has 0 radical (unpaired) electrons. The standard InChI is InChI=1S/C17H19BrN2O3S2.ClH/c1-3-20-8-7-10-12(9-20)25-16(14(10)17(22)23-4-2)19-15(21)11-5-6-13(18)24-11;/h5-6H,3-4,7-9H2,1-2H3,(H,19,21);1H. The van der Waals surface area contributed by atoms with Crippen LogP contribution in [0.25, 0.3) is 0 Å². The molecule has 9 heteroatoms. The van der Waals surface area contributed by atoms with Gasteiger partial charge in [0, 0.05) is 18.0 Å². The van der Waals surface area contributed by atoms with E-state index in [1.165, 1.54) is 22.7 Å². The molecule has 0 bridgehead atoms. The lowest BCUT2D eigenvalue weighted by Gasteiger charge is -2.25. The lowest BCUT2D eigenvalue weighted by molar-refractivity contribution is 0.0526. The molecule has 0 aliphatic carbocycles. The normalized spacial score (nSPS) is 13.7. The molecular weight excluding hydrogens is 460 g/mol. The maximum Gasteiger partial charge on any atom is 0.341 e. The van der Waals surface area contributed by atoms with Gasteiger partial charge in [0.15, 0.2) is 0 Å². The van der Waals surface area contributed by atoms with Crippen LogP contribution in [0, 0.1) is 0 Å². The SMILES string of the molecule is CCOC(=O)c1c(NC(=O)c2ccc(Br)s2)sc2c1CCN(CC)C2.Cl. The Kier molecular flexibility index (Phi) is 7.66. The molecule has 0 unspecified atom stereocenters. The van der Waals surface area contributed by atoms with Crippen molar-refractivity contribution in [2.24, 2.45) is 0 Å². The fraction of sp³-hybridized carbons (Fsp3) is 0.412. The predicted octanol–water partition coefficient (Wildman–Crippen LogP) is 4.80. The van der Waals surface area contributed by atoms with E-state index >= 15 is 0 Å². The van der Waals surface area contributed by atoms with Gasteiger partial charge in [0.1, 0.15) is 5.00 Å². The van der Waals surface area contributed by atoms with Gasteiger partial charge in [0.2, 0.25) is 0 Å². The zero-order chi connectivity index (χ0) is 18.0. The number of nitrogens with one attached hydrogen (secondary N) is 1. The van der Waals surface area contributed by atoms with E-state index in [0.29, 0.717) is 22.0 Å². The fourth-order valence-electron chi connectivity index (χ4n) is 2.83. The second-order valence-electron chi connectivity index (χ2n) is 5.61. The third-order valence-corrected chi connectivity index (χ3v) is 6.84. The number of amides is 1. The van der Waals surface area contributed by atoms with Crippen molar-refractivity contribution in [3.63, 3.8) is 0 Å². The van der Waals surface area contributed by atoms with Gasteiger partial charge in [0.05, 0.1) is 20.8 Å². The summed E-state index contributed by atoms with van der Waals surface area (Å²) in [5.74, 6) is -0.556. The van der Waals surface area contributed by atoms with Gasteiger partial charge < -0.3 is 10.1 Å². The Hall–Kier alpha value is -0.930. The predicted molar refractivity (Wildman–Crippen MR) is 112 cm³/mol. The maximum absolute atomic E-state index is 12.5. The highest BCUT2D eigenvalue weighted by Crippen LogP contribution is 2.38. The highest BCUT2D eigenvalue weighted by atomic mass is 79.9. The number of ether oxygens (including phenoxy) is 1. The van der Waals surface area contributed by atoms with E-state index in [-0.39, 0.29) is 24.3 Å². The van der Waals surface area contributed by atoms with Crippen LogP contribution in [0.1, 0.15) is 44.3 Å². The van der Waals surface area contributed by atoms with Gasteiger partial charge in [-0.1, -0.05) is 6.92 Å². The summed E-state index contributed by atoms with van der Waals surface area (Å²) in [5, 5.41) is 3.51. The average Bonchev–Trinajstić information content (AvgIpc) is 3.17. The molecule has 142 valence electrons. The van der Waals surface area contributed by atoms with Gasteiger partial charge in [-0.3, -0.25) is 9.69 Å². The molecule has 1 aliphatic heterocycles. The van der Waals surface area contributed by atoms with Crippen LogP contribution in [0.2, 0.25) is 0 Å². The minimum absolute atomic E-state index is 0. The molecule has 0 atom stereocenters. The van der Waals surface area contributed by atoms with Crippen LogP contribution in [0.5, 0.6) is 0 Å². The summed E-state index contributed by atoms with van der Waals surface area (Å²) in [6, 6.07) is 3.60. The van der Waals surface area contributed by atoms with Gasteiger partial charge in [-0.2, -0.15) is 0 Å². The second-order valence-corrected chi connectivity index (χ2v) is 9.17.